The number of carboxylic acid groups (broad SMARTS) is 1. The monoisotopic (exact) mass is 376 g/mol. The molecule has 0 saturated carbocycles. The van der Waals surface area contributed by atoms with Gasteiger partial charge in [0.25, 0.3) is 0 Å². The van der Waals surface area contributed by atoms with E-state index in [0.29, 0.717) is 32.4 Å². The molecule has 0 radical (unpaired) electrons. The number of hydrogen-bond acceptors (Lipinski definition) is 5. The van der Waals surface area contributed by atoms with Crippen LogP contribution in [0.15, 0.2) is 0 Å². The number of aliphatic carboxylic acids is 1. The van der Waals surface area contributed by atoms with E-state index in [1.54, 1.807) is 6.92 Å². The van der Waals surface area contributed by atoms with Gasteiger partial charge >= 0.3 is 5.97 Å². The largest absolute Gasteiger partial charge is 0.481 e. The molecule has 1 amide bonds. The highest BCUT2D eigenvalue weighted by molar-refractivity contribution is 7.89. The van der Waals surface area contributed by atoms with Gasteiger partial charge in [0.1, 0.15) is 11.5 Å². The Morgan fingerprint density at radius 2 is 2.00 bits per heavy atom. The summed E-state index contributed by atoms with van der Waals surface area (Å²) in [6.45, 7) is 2.56. The summed E-state index contributed by atoms with van der Waals surface area (Å²) in [4.78, 5) is 26.1. The van der Waals surface area contributed by atoms with E-state index in [2.05, 4.69) is 0 Å². The molecule has 2 atom stereocenters. The second-order valence-corrected chi connectivity index (χ2v) is 9.01. The van der Waals surface area contributed by atoms with E-state index in [-0.39, 0.29) is 24.8 Å². The van der Waals surface area contributed by atoms with E-state index in [0.717, 1.165) is 12.8 Å². The molecular weight excluding hydrogens is 348 g/mol. The summed E-state index contributed by atoms with van der Waals surface area (Å²) in [5.74, 6) is -1.23. The van der Waals surface area contributed by atoms with E-state index in [1.807, 2.05) is 0 Å². The van der Waals surface area contributed by atoms with Crippen LogP contribution in [0.5, 0.6) is 0 Å². The number of carbonyl (C=O) groups excluding carboxylic acids is 1. The van der Waals surface area contributed by atoms with Crippen molar-refractivity contribution in [2.45, 2.75) is 45.1 Å². The van der Waals surface area contributed by atoms with Crippen LogP contribution in [0.1, 0.15) is 39.0 Å². The van der Waals surface area contributed by atoms with Crippen molar-refractivity contribution in [3.05, 3.63) is 0 Å². The van der Waals surface area contributed by atoms with Crippen LogP contribution >= 0.6 is 0 Å². The predicted octanol–water partition coefficient (Wildman–Crippen LogP) is 0.530. The first-order valence-corrected chi connectivity index (χ1v) is 10.4. The van der Waals surface area contributed by atoms with Gasteiger partial charge in [-0.1, -0.05) is 13.3 Å². The third-order valence-corrected chi connectivity index (χ3v) is 7.17. The Morgan fingerprint density at radius 1 is 1.28 bits per heavy atom. The Morgan fingerprint density at radius 3 is 2.60 bits per heavy atom. The Kier molecular flexibility index (Phi) is 6.45. The minimum Gasteiger partial charge on any atom is -0.481 e. The Bertz CT molecular complexity index is 608. The quantitative estimate of drug-likeness (QED) is 0.695. The number of ether oxygens (including phenoxy) is 1. The lowest BCUT2D eigenvalue weighted by Gasteiger charge is -2.36. The first-order valence-electron chi connectivity index (χ1n) is 8.78. The van der Waals surface area contributed by atoms with Crippen LogP contribution < -0.4 is 0 Å². The average molecular weight is 376 g/mol. The summed E-state index contributed by atoms with van der Waals surface area (Å²) < 4.78 is 31.4. The van der Waals surface area contributed by atoms with E-state index in [9.17, 15) is 23.1 Å². The SMILES string of the molecule is CCCS(=O)(=O)N1CCCCC1C(=O)N1CCC(COC)(C(=O)O)C1. The smallest absolute Gasteiger partial charge is 0.313 e. The van der Waals surface area contributed by atoms with Gasteiger partial charge in [0.05, 0.1) is 12.4 Å². The number of piperidine rings is 1. The molecule has 0 aromatic rings. The maximum atomic E-state index is 13.0. The highest BCUT2D eigenvalue weighted by Gasteiger charge is 2.48. The first-order chi connectivity index (χ1) is 11.8. The van der Waals surface area contributed by atoms with E-state index >= 15 is 0 Å². The topological polar surface area (TPSA) is 104 Å². The van der Waals surface area contributed by atoms with Crippen molar-refractivity contribution in [1.29, 1.82) is 0 Å². The summed E-state index contributed by atoms with van der Waals surface area (Å²) in [6.07, 6.45) is 2.85. The zero-order valence-electron chi connectivity index (χ0n) is 14.9. The fourth-order valence-electron chi connectivity index (χ4n) is 3.76. The van der Waals surface area contributed by atoms with Gasteiger partial charge in [-0.2, -0.15) is 4.31 Å². The summed E-state index contributed by atoms with van der Waals surface area (Å²) in [5.41, 5.74) is -1.10. The molecule has 2 saturated heterocycles. The van der Waals surface area contributed by atoms with Crippen LogP contribution in [0.2, 0.25) is 0 Å². The van der Waals surface area contributed by atoms with Gasteiger partial charge in [-0.05, 0) is 25.7 Å². The van der Waals surface area contributed by atoms with Gasteiger partial charge in [-0.3, -0.25) is 9.59 Å². The van der Waals surface area contributed by atoms with Gasteiger partial charge in [0.2, 0.25) is 15.9 Å². The van der Waals surface area contributed by atoms with Crippen LogP contribution in [-0.2, 0) is 24.3 Å². The molecule has 2 fully saturated rings. The standard InChI is InChI=1S/C16H28N2O6S/c1-3-10-25(22,23)18-8-5-4-6-13(18)14(19)17-9-7-16(11-17,12-24-2)15(20)21/h13H,3-12H2,1-2H3,(H,20,21). The maximum Gasteiger partial charge on any atom is 0.313 e. The Hall–Kier alpha value is -1.19. The molecule has 0 aliphatic carbocycles. The molecule has 144 valence electrons. The minimum absolute atomic E-state index is 0.0273. The molecule has 25 heavy (non-hydrogen) atoms. The molecule has 2 aliphatic rings. The van der Waals surface area contributed by atoms with Crippen molar-refractivity contribution in [1.82, 2.24) is 9.21 Å². The fraction of sp³-hybridized carbons (Fsp3) is 0.875. The fourth-order valence-corrected chi connectivity index (χ4v) is 5.50. The number of rotatable bonds is 7. The van der Waals surface area contributed by atoms with Crippen molar-refractivity contribution in [2.75, 3.05) is 39.1 Å². The highest BCUT2D eigenvalue weighted by atomic mass is 32.2. The molecule has 0 aromatic heterocycles. The summed E-state index contributed by atoms with van der Waals surface area (Å²) in [5, 5.41) is 9.53. The number of methoxy groups -OCH3 is 1. The first kappa shape index (κ1) is 20.1. The lowest BCUT2D eigenvalue weighted by Crippen LogP contribution is -2.53. The average Bonchev–Trinajstić information content (AvgIpc) is 3.00. The number of carbonyl (C=O) groups is 2. The minimum atomic E-state index is -3.47. The van der Waals surface area contributed by atoms with Crippen molar-refractivity contribution in [2.24, 2.45) is 5.41 Å². The molecular formula is C16H28N2O6S. The van der Waals surface area contributed by atoms with Gasteiger partial charge in [-0.15, -0.1) is 0 Å². The second-order valence-electron chi connectivity index (χ2n) is 6.97. The molecule has 0 bridgehead atoms. The Labute approximate surface area is 149 Å². The van der Waals surface area contributed by atoms with Crippen molar-refractivity contribution >= 4 is 21.9 Å². The number of nitrogens with zero attached hydrogens (tertiary/aromatic N) is 2. The summed E-state index contributed by atoms with van der Waals surface area (Å²) in [6, 6.07) is -0.711. The lowest BCUT2D eigenvalue weighted by molar-refractivity contribution is -0.152. The second kappa shape index (κ2) is 8.01. The number of likely N-dealkylation sites (tertiary alicyclic amines) is 1. The Balaban J connectivity index is 2.17. The van der Waals surface area contributed by atoms with Crippen molar-refractivity contribution in [3.63, 3.8) is 0 Å². The zero-order chi connectivity index (χ0) is 18.7. The number of hydrogen-bond donors (Lipinski definition) is 1. The van der Waals surface area contributed by atoms with Crippen LogP contribution in [0.3, 0.4) is 0 Å². The summed E-state index contributed by atoms with van der Waals surface area (Å²) in [7, 11) is -2.03. The maximum absolute atomic E-state index is 13.0. The van der Waals surface area contributed by atoms with Crippen LogP contribution in [-0.4, -0.2) is 79.8 Å². The zero-order valence-corrected chi connectivity index (χ0v) is 15.8. The van der Waals surface area contributed by atoms with E-state index < -0.39 is 27.4 Å². The van der Waals surface area contributed by atoms with Crippen molar-refractivity contribution in [3.8, 4) is 0 Å². The highest BCUT2D eigenvalue weighted by Crippen LogP contribution is 2.33. The molecule has 2 unspecified atom stereocenters. The molecule has 2 aliphatic heterocycles. The molecule has 0 aromatic carbocycles. The number of sulfonamides is 1. The molecule has 8 nitrogen and oxygen atoms in total. The summed E-state index contributed by atoms with van der Waals surface area (Å²) >= 11 is 0. The van der Waals surface area contributed by atoms with Gasteiger partial charge < -0.3 is 14.7 Å². The third kappa shape index (κ3) is 4.15. The van der Waals surface area contributed by atoms with Crippen LogP contribution in [0, 0.1) is 5.41 Å². The lowest BCUT2D eigenvalue weighted by atomic mass is 9.88. The van der Waals surface area contributed by atoms with Gasteiger partial charge in [-0.25, -0.2) is 8.42 Å². The van der Waals surface area contributed by atoms with E-state index in [1.165, 1.54) is 16.3 Å². The third-order valence-electron chi connectivity index (χ3n) is 5.10. The number of carboxylic acids is 1. The van der Waals surface area contributed by atoms with Crippen LogP contribution in [0.4, 0.5) is 0 Å². The van der Waals surface area contributed by atoms with Crippen molar-refractivity contribution < 1.29 is 27.9 Å². The predicted molar refractivity (Wildman–Crippen MR) is 91.6 cm³/mol. The molecule has 0 spiro atoms. The molecule has 1 N–H and O–H groups in total. The normalized spacial score (nSPS) is 28.2. The van der Waals surface area contributed by atoms with E-state index in [4.69, 9.17) is 4.74 Å². The number of amides is 1. The molecule has 9 heteroatoms. The van der Waals surface area contributed by atoms with Gasteiger partial charge in [0, 0.05) is 26.7 Å². The molecule has 2 rings (SSSR count). The molecule has 2 heterocycles. The van der Waals surface area contributed by atoms with Crippen LogP contribution in [0.25, 0.3) is 0 Å². The van der Waals surface area contributed by atoms with Gasteiger partial charge in [0.15, 0.2) is 0 Å².